The molecule has 0 bridgehead atoms. The molecule has 0 spiro atoms. The lowest BCUT2D eigenvalue weighted by Crippen LogP contribution is -2.06. The Balaban J connectivity index is 2.66. The summed E-state index contributed by atoms with van der Waals surface area (Å²) in [6, 6.07) is 8.95. The SMILES string of the molecule is COC(=O)C(C#N)=C(c1ccco1)c1cccs1. The molecule has 0 atom stereocenters. The van der Waals surface area contributed by atoms with Gasteiger partial charge in [-0.05, 0) is 23.6 Å². The maximum Gasteiger partial charge on any atom is 0.349 e. The van der Waals surface area contributed by atoms with Crippen LogP contribution in [0, 0.1) is 11.3 Å². The summed E-state index contributed by atoms with van der Waals surface area (Å²) in [4.78, 5) is 12.4. The van der Waals surface area contributed by atoms with Gasteiger partial charge in [-0.15, -0.1) is 11.3 Å². The number of carbonyl (C=O) groups is 1. The van der Waals surface area contributed by atoms with Crippen LogP contribution in [0.15, 0.2) is 45.9 Å². The van der Waals surface area contributed by atoms with Crippen molar-refractivity contribution in [1.29, 1.82) is 5.26 Å². The van der Waals surface area contributed by atoms with Gasteiger partial charge < -0.3 is 9.15 Å². The molecule has 0 unspecified atom stereocenters. The lowest BCUT2D eigenvalue weighted by Gasteiger charge is -2.04. The number of thiophene rings is 1. The first-order valence-corrected chi connectivity index (χ1v) is 5.96. The first-order chi connectivity index (χ1) is 8.77. The third-order valence-corrected chi connectivity index (χ3v) is 3.17. The number of methoxy groups -OCH3 is 1. The molecule has 90 valence electrons. The van der Waals surface area contributed by atoms with Gasteiger partial charge in [0.15, 0.2) is 0 Å². The smallest absolute Gasteiger partial charge is 0.349 e. The molecule has 4 nitrogen and oxygen atoms in total. The average molecular weight is 259 g/mol. The topological polar surface area (TPSA) is 63.2 Å². The third-order valence-electron chi connectivity index (χ3n) is 2.29. The summed E-state index contributed by atoms with van der Waals surface area (Å²) in [5, 5.41) is 11.0. The Morgan fingerprint density at radius 3 is 2.78 bits per heavy atom. The fourth-order valence-electron chi connectivity index (χ4n) is 1.52. The molecule has 0 amide bonds. The van der Waals surface area contributed by atoms with Gasteiger partial charge in [0.1, 0.15) is 17.4 Å². The Kier molecular flexibility index (Phi) is 3.60. The van der Waals surface area contributed by atoms with Crippen LogP contribution >= 0.6 is 11.3 Å². The van der Waals surface area contributed by atoms with Gasteiger partial charge in [0.25, 0.3) is 0 Å². The first kappa shape index (κ1) is 12.1. The van der Waals surface area contributed by atoms with Crippen LogP contribution in [0.3, 0.4) is 0 Å². The Morgan fingerprint density at radius 2 is 2.28 bits per heavy atom. The predicted molar refractivity (Wildman–Crippen MR) is 66.7 cm³/mol. The standard InChI is InChI=1S/C13H9NO3S/c1-16-13(15)9(8-14)12(10-4-2-6-17-10)11-5-3-7-18-11/h2-7H,1H3. The zero-order chi connectivity index (χ0) is 13.0. The average Bonchev–Trinajstić information content (AvgIpc) is 3.07. The molecule has 0 aliphatic heterocycles. The van der Waals surface area contributed by atoms with Crippen molar-refractivity contribution in [2.24, 2.45) is 0 Å². The lowest BCUT2D eigenvalue weighted by molar-refractivity contribution is -0.135. The number of carbonyl (C=O) groups excluding carboxylic acids is 1. The van der Waals surface area contributed by atoms with Gasteiger partial charge in [0, 0.05) is 4.88 Å². The van der Waals surface area contributed by atoms with E-state index >= 15 is 0 Å². The number of nitrogens with zero attached hydrogens (tertiary/aromatic N) is 1. The van der Waals surface area contributed by atoms with Crippen molar-refractivity contribution in [3.05, 3.63) is 52.1 Å². The minimum atomic E-state index is -0.669. The van der Waals surface area contributed by atoms with Gasteiger partial charge in [-0.25, -0.2) is 4.79 Å². The highest BCUT2D eigenvalue weighted by Crippen LogP contribution is 2.30. The summed E-state index contributed by atoms with van der Waals surface area (Å²) in [5.74, 6) is -0.197. The molecule has 0 saturated heterocycles. The number of hydrogen-bond acceptors (Lipinski definition) is 5. The van der Waals surface area contributed by atoms with Crippen molar-refractivity contribution < 1.29 is 13.9 Å². The number of nitriles is 1. The maximum atomic E-state index is 11.6. The molecule has 0 aromatic carbocycles. The Hall–Kier alpha value is -2.32. The minimum absolute atomic E-state index is 0.0603. The van der Waals surface area contributed by atoms with Crippen molar-refractivity contribution in [3.8, 4) is 6.07 Å². The minimum Gasteiger partial charge on any atom is -0.465 e. The Morgan fingerprint density at radius 1 is 1.44 bits per heavy atom. The number of rotatable bonds is 3. The lowest BCUT2D eigenvalue weighted by atomic mass is 10.1. The van der Waals surface area contributed by atoms with Gasteiger partial charge in [-0.1, -0.05) is 6.07 Å². The molecule has 0 fully saturated rings. The molecule has 18 heavy (non-hydrogen) atoms. The summed E-state index contributed by atoms with van der Waals surface area (Å²) in [7, 11) is 1.24. The molecule has 2 heterocycles. The molecule has 0 radical (unpaired) electrons. The van der Waals surface area contributed by atoms with E-state index in [-0.39, 0.29) is 5.57 Å². The highest BCUT2D eigenvalue weighted by Gasteiger charge is 2.21. The third kappa shape index (κ3) is 2.19. The molecule has 0 aliphatic rings. The summed E-state index contributed by atoms with van der Waals surface area (Å²) in [5.41, 5.74) is 0.402. The molecule has 0 saturated carbocycles. The van der Waals surface area contributed by atoms with Gasteiger partial charge in [0.2, 0.25) is 0 Å². The number of hydrogen-bond donors (Lipinski definition) is 0. The number of furan rings is 1. The van der Waals surface area contributed by atoms with E-state index in [2.05, 4.69) is 4.74 Å². The molecular weight excluding hydrogens is 250 g/mol. The van der Waals surface area contributed by atoms with E-state index < -0.39 is 5.97 Å². The Labute approximate surface area is 108 Å². The Bertz CT molecular complexity index is 567. The maximum absolute atomic E-state index is 11.6. The van der Waals surface area contributed by atoms with Crippen molar-refractivity contribution in [2.45, 2.75) is 0 Å². The summed E-state index contributed by atoms with van der Waals surface area (Å²) >= 11 is 1.42. The molecule has 0 aliphatic carbocycles. The van der Waals surface area contributed by atoms with Crippen LogP contribution in [0.4, 0.5) is 0 Å². The van der Waals surface area contributed by atoms with E-state index in [1.54, 1.807) is 12.1 Å². The van der Waals surface area contributed by atoms with Crippen LogP contribution < -0.4 is 0 Å². The molecule has 2 aromatic rings. The monoisotopic (exact) mass is 259 g/mol. The van der Waals surface area contributed by atoms with E-state index in [1.807, 2.05) is 23.6 Å². The summed E-state index contributed by atoms with van der Waals surface area (Å²) in [6.45, 7) is 0. The second kappa shape index (κ2) is 5.34. The largest absolute Gasteiger partial charge is 0.465 e. The van der Waals surface area contributed by atoms with Crippen LogP contribution in [0.25, 0.3) is 5.57 Å². The van der Waals surface area contributed by atoms with Crippen LogP contribution in [0.1, 0.15) is 10.6 Å². The van der Waals surface area contributed by atoms with Crippen molar-refractivity contribution >= 4 is 22.9 Å². The van der Waals surface area contributed by atoms with Gasteiger partial charge >= 0.3 is 5.97 Å². The van der Waals surface area contributed by atoms with Gasteiger partial charge in [0.05, 0.1) is 18.9 Å². The van der Waals surface area contributed by atoms with Crippen LogP contribution in [-0.2, 0) is 9.53 Å². The van der Waals surface area contributed by atoms with Crippen molar-refractivity contribution in [3.63, 3.8) is 0 Å². The van der Waals surface area contributed by atoms with E-state index in [1.165, 1.54) is 24.7 Å². The van der Waals surface area contributed by atoms with E-state index in [0.717, 1.165) is 4.88 Å². The fraction of sp³-hybridized carbons (Fsp3) is 0.0769. The highest BCUT2D eigenvalue weighted by atomic mass is 32.1. The van der Waals surface area contributed by atoms with E-state index in [0.29, 0.717) is 11.3 Å². The van der Waals surface area contributed by atoms with E-state index in [9.17, 15) is 4.79 Å². The zero-order valence-electron chi connectivity index (χ0n) is 9.54. The van der Waals surface area contributed by atoms with Crippen LogP contribution in [-0.4, -0.2) is 13.1 Å². The molecule has 0 N–H and O–H groups in total. The predicted octanol–water partition coefficient (Wildman–Crippen LogP) is 2.84. The molecule has 2 rings (SSSR count). The second-order valence-electron chi connectivity index (χ2n) is 3.31. The van der Waals surface area contributed by atoms with Crippen molar-refractivity contribution in [2.75, 3.05) is 7.11 Å². The molecule has 2 aromatic heterocycles. The molecule has 5 heteroatoms. The fourth-order valence-corrected chi connectivity index (χ4v) is 2.30. The normalized spacial score (nSPS) is 11.6. The first-order valence-electron chi connectivity index (χ1n) is 5.08. The number of esters is 1. The van der Waals surface area contributed by atoms with Crippen LogP contribution in [0.5, 0.6) is 0 Å². The van der Waals surface area contributed by atoms with E-state index in [4.69, 9.17) is 9.68 Å². The summed E-state index contributed by atoms with van der Waals surface area (Å²) < 4.78 is 9.91. The van der Waals surface area contributed by atoms with Gasteiger partial charge in [-0.2, -0.15) is 5.26 Å². The van der Waals surface area contributed by atoms with Gasteiger partial charge in [-0.3, -0.25) is 0 Å². The number of ether oxygens (including phenoxy) is 1. The highest BCUT2D eigenvalue weighted by molar-refractivity contribution is 7.11. The zero-order valence-corrected chi connectivity index (χ0v) is 10.4. The molecular formula is C13H9NO3S. The quantitative estimate of drug-likeness (QED) is 0.483. The van der Waals surface area contributed by atoms with Crippen LogP contribution in [0.2, 0.25) is 0 Å². The summed E-state index contributed by atoms with van der Waals surface area (Å²) in [6.07, 6.45) is 1.50. The van der Waals surface area contributed by atoms with Crippen molar-refractivity contribution in [1.82, 2.24) is 0 Å². The second-order valence-corrected chi connectivity index (χ2v) is 4.26.